The van der Waals surface area contributed by atoms with Crippen LogP contribution in [0.1, 0.15) is 24.5 Å². The highest BCUT2D eigenvalue weighted by Gasteiger charge is 2.21. The Balaban J connectivity index is 2.13. The van der Waals surface area contributed by atoms with E-state index >= 15 is 0 Å². The summed E-state index contributed by atoms with van der Waals surface area (Å²) < 4.78 is 15.8. The monoisotopic (exact) mass is 312 g/mol. The molecule has 1 atom stereocenters. The molecule has 1 saturated heterocycles. The third-order valence-electron chi connectivity index (χ3n) is 3.39. The van der Waals surface area contributed by atoms with Gasteiger partial charge in [-0.1, -0.05) is 6.07 Å². The lowest BCUT2D eigenvalue weighted by atomic mass is 10.1. The lowest BCUT2D eigenvalue weighted by Crippen LogP contribution is -2.22. The van der Waals surface area contributed by atoms with Crippen molar-refractivity contribution in [2.24, 2.45) is 0 Å². The van der Waals surface area contributed by atoms with Gasteiger partial charge >= 0.3 is 5.97 Å². The van der Waals surface area contributed by atoms with Gasteiger partial charge in [0.05, 0.1) is 14.2 Å². The molecular weight excluding hydrogens is 292 g/mol. The summed E-state index contributed by atoms with van der Waals surface area (Å²) in [6.45, 7) is 0. The third-order valence-corrected chi connectivity index (χ3v) is 4.44. The summed E-state index contributed by atoms with van der Waals surface area (Å²) in [5.74, 6) is 2.65. The molecule has 0 spiro atoms. The SMILES string of the molecule is COC(=O)C(O)c1ccc(OC2CCSCC2)c(OC)c1. The van der Waals surface area contributed by atoms with Crippen LogP contribution in [0.15, 0.2) is 18.2 Å². The van der Waals surface area contributed by atoms with Crippen molar-refractivity contribution in [1.29, 1.82) is 0 Å². The van der Waals surface area contributed by atoms with E-state index in [4.69, 9.17) is 9.47 Å². The average Bonchev–Trinajstić information content (AvgIpc) is 2.54. The minimum absolute atomic E-state index is 0.191. The number of hydrogen-bond acceptors (Lipinski definition) is 6. The summed E-state index contributed by atoms with van der Waals surface area (Å²) in [6, 6.07) is 4.98. The normalized spacial score (nSPS) is 17.1. The Hall–Kier alpha value is -1.40. The van der Waals surface area contributed by atoms with Crippen LogP contribution in [0.2, 0.25) is 0 Å². The van der Waals surface area contributed by atoms with Crippen LogP contribution in [0.4, 0.5) is 0 Å². The maximum Gasteiger partial charge on any atom is 0.339 e. The molecule has 0 radical (unpaired) electrons. The number of ether oxygens (including phenoxy) is 3. The van der Waals surface area contributed by atoms with Gasteiger partial charge in [0, 0.05) is 0 Å². The zero-order valence-corrected chi connectivity index (χ0v) is 13.0. The molecule has 1 heterocycles. The lowest BCUT2D eigenvalue weighted by molar-refractivity contribution is -0.150. The Morgan fingerprint density at radius 2 is 2.00 bits per heavy atom. The van der Waals surface area contributed by atoms with Gasteiger partial charge in [-0.2, -0.15) is 11.8 Å². The summed E-state index contributed by atoms with van der Waals surface area (Å²) in [5, 5.41) is 9.85. The number of methoxy groups -OCH3 is 2. The summed E-state index contributed by atoms with van der Waals surface area (Å²) in [4.78, 5) is 11.4. The van der Waals surface area contributed by atoms with Crippen molar-refractivity contribution in [3.8, 4) is 11.5 Å². The zero-order valence-electron chi connectivity index (χ0n) is 12.2. The van der Waals surface area contributed by atoms with Gasteiger partial charge in [-0.15, -0.1) is 0 Å². The summed E-state index contributed by atoms with van der Waals surface area (Å²) >= 11 is 1.94. The Kier molecular flexibility index (Phi) is 5.76. The second-order valence-electron chi connectivity index (χ2n) is 4.77. The molecule has 0 aromatic heterocycles. The summed E-state index contributed by atoms with van der Waals surface area (Å²) in [5.41, 5.74) is 0.422. The van der Waals surface area contributed by atoms with Gasteiger partial charge in [-0.3, -0.25) is 0 Å². The topological polar surface area (TPSA) is 65.0 Å². The first-order valence-electron chi connectivity index (χ1n) is 6.84. The maximum absolute atomic E-state index is 11.4. The first-order chi connectivity index (χ1) is 10.2. The van der Waals surface area contributed by atoms with Gasteiger partial charge in [0.15, 0.2) is 17.6 Å². The van der Waals surface area contributed by atoms with Crippen molar-refractivity contribution < 1.29 is 24.1 Å². The van der Waals surface area contributed by atoms with Crippen molar-refractivity contribution in [2.45, 2.75) is 25.0 Å². The van der Waals surface area contributed by atoms with Crippen molar-refractivity contribution in [3.63, 3.8) is 0 Å². The van der Waals surface area contributed by atoms with Crippen LogP contribution < -0.4 is 9.47 Å². The minimum atomic E-state index is -1.32. The van der Waals surface area contributed by atoms with Crippen LogP contribution in [-0.2, 0) is 9.53 Å². The van der Waals surface area contributed by atoms with E-state index in [2.05, 4.69) is 4.74 Å². The molecule has 1 aliphatic heterocycles. The van der Waals surface area contributed by atoms with Gasteiger partial charge in [0.25, 0.3) is 0 Å². The molecule has 0 aliphatic carbocycles. The molecule has 1 aromatic rings. The van der Waals surface area contributed by atoms with Crippen LogP contribution in [0.25, 0.3) is 0 Å². The molecule has 116 valence electrons. The smallest absolute Gasteiger partial charge is 0.339 e. The average molecular weight is 312 g/mol. The van der Waals surface area contributed by atoms with E-state index in [1.165, 1.54) is 14.2 Å². The fraction of sp³-hybridized carbons (Fsp3) is 0.533. The molecule has 21 heavy (non-hydrogen) atoms. The standard InChI is InChI=1S/C15H20O5S/c1-18-13-9-10(14(16)15(17)19-2)3-4-12(13)20-11-5-7-21-8-6-11/h3-4,9,11,14,16H,5-8H2,1-2H3. The van der Waals surface area contributed by atoms with Gasteiger partial charge in [0.2, 0.25) is 0 Å². The van der Waals surface area contributed by atoms with Crippen LogP contribution in [-0.4, -0.2) is 42.9 Å². The number of thioether (sulfide) groups is 1. The predicted molar refractivity (Wildman–Crippen MR) is 80.9 cm³/mol. The Morgan fingerprint density at radius 3 is 2.62 bits per heavy atom. The molecule has 6 heteroatoms. The number of aliphatic hydroxyl groups is 1. The number of esters is 1. The van der Waals surface area contributed by atoms with E-state index in [1.54, 1.807) is 18.2 Å². The number of benzene rings is 1. The second-order valence-corrected chi connectivity index (χ2v) is 5.99. The Morgan fingerprint density at radius 1 is 1.29 bits per heavy atom. The maximum atomic E-state index is 11.4. The van der Waals surface area contributed by atoms with Crippen LogP contribution in [0.3, 0.4) is 0 Å². The van der Waals surface area contributed by atoms with Crippen LogP contribution >= 0.6 is 11.8 Å². The molecule has 0 amide bonds. The largest absolute Gasteiger partial charge is 0.493 e. The Labute approximate surface area is 128 Å². The molecule has 0 bridgehead atoms. The number of hydrogen-bond donors (Lipinski definition) is 1. The van der Waals surface area contributed by atoms with E-state index in [0.29, 0.717) is 17.1 Å². The second kappa shape index (κ2) is 7.56. The van der Waals surface area contributed by atoms with Gasteiger partial charge in [-0.05, 0) is 42.0 Å². The van der Waals surface area contributed by atoms with Crippen LogP contribution in [0.5, 0.6) is 11.5 Å². The van der Waals surface area contributed by atoms with Gasteiger partial charge in [0.1, 0.15) is 6.10 Å². The third kappa shape index (κ3) is 4.04. The highest BCUT2D eigenvalue weighted by atomic mass is 32.2. The fourth-order valence-corrected chi connectivity index (χ4v) is 3.24. The van der Waals surface area contributed by atoms with Crippen molar-refractivity contribution in [1.82, 2.24) is 0 Å². The highest BCUT2D eigenvalue weighted by molar-refractivity contribution is 7.99. The number of carbonyl (C=O) groups is 1. The molecule has 1 aliphatic rings. The quantitative estimate of drug-likeness (QED) is 0.841. The van der Waals surface area contributed by atoms with Crippen molar-refractivity contribution in [3.05, 3.63) is 23.8 Å². The Bertz CT molecular complexity index is 485. The molecular formula is C15H20O5S. The van der Waals surface area contributed by atoms with Crippen molar-refractivity contribution >= 4 is 17.7 Å². The zero-order chi connectivity index (χ0) is 15.2. The number of aliphatic hydroxyl groups excluding tert-OH is 1. The predicted octanol–water partition coefficient (Wildman–Crippen LogP) is 2.18. The molecule has 1 fully saturated rings. The first kappa shape index (κ1) is 16.0. The van der Waals surface area contributed by atoms with E-state index in [-0.39, 0.29) is 6.10 Å². The minimum Gasteiger partial charge on any atom is -0.493 e. The van der Waals surface area contributed by atoms with Crippen molar-refractivity contribution in [2.75, 3.05) is 25.7 Å². The molecule has 2 rings (SSSR count). The molecule has 1 unspecified atom stereocenters. The van der Waals surface area contributed by atoms with Crippen LogP contribution in [0, 0.1) is 0 Å². The van der Waals surface area contributed by atoms with Gasteiger partial charge < -0.3 is 19.3 Å². The van der Waals surface area contributed by atoms with E-state index < -0.39 is 12.1 Å². The highest BCUT2D eigenvalue weighted by Crippen LogP contribution is 2.33. The van der Waals surface area contributed by atoms with E-state index in [9.17, 15) is 9.90 Å². The lowest BCUT2D eigenvalue weighted by Gasteiger charge is -2.24. The van der Waals surface area contributed by atoms with Gasteiger partial charge in [-0.25, -0.2) is 4.79 Å². The molecule has 1 N–H and O–H groups in total. The fourth-order valence-electron chi connectivity index (χ4n) is 2.17. The number of carbonyl (C=O) groups excluding carboxylic acids is 1. The first-order valence-corrected chi connectivity index (χ1v) is 7.99. The van der Waals surface area contributed by atoms with E-state index in [0.717, 1.165) is 24.3 Å². The number of rotatable bonds is 5. The summed E-state index contributed by atoms with van der Waals surface area (Å²) in [7, 11) is 2.77. The molecule has 0 saturated carbocycles. The molecule has 1 aromatic carbocycles. The summed E-state index contributed by atoms with van der Waals surface area (Å²) in [6.07, 6.45) is 0.904. The van der Waals surface area contributed by atoms with E-state index in [1.807, 2.05) is 11.8 Å². The molecule has 5 nitrogen and oxygen atoms in total.